The van der Waals surface area contributed by atoms with Gasteiger partial charge in [-0.2, -0.15) is 0 Å². The summed E-state index contributed by atoms with van der Waals surface area (Å²) in [4.78, 5) is 15.6. The van der Waals surface area contributed by atoms with E-state index < -0.39 is 22.8 Å². The van der Waals surface area contributed by atoms with E-state index in [1.165, 1.54) is 12.3 Å². The summed E-state index contributed by atoms with van der Waals surface area (Å²) < 4.78 is 42.8. The Morgan fingerprint density at radius 3 is 2.77 bits per heavy atom. The van der Waals surface area contributed by atoms with Crippen LogP contribution in [0.1, 0.15) is 0 Å². The second-order valence-corrected chi connectivity index (χ2v) is 6.85. The lowest BCUT2D eigenvalue weighted by Gasteiger charge is -2.18. The Morgan fingerprint density at radius 1 is 1.55 bits per heavy atom. The lowest BCUT2D eigenvalue weighted by atomic mass is 10.4. The molecule has 0 bridgehead atoms. The van der Waals surface area contributed by atoms with Gasteiger partial charge in [0.25, 0.3) is 0 Å². The number of sulfonamides is 1. The molecule has 0 saturated heterocycles. The number of carboxylic acid groups (broad SMARTS) is 1. The molecule has 0 unspecified atom stereocenters. The van der Waals surface area contributed by atoms with Crippen molar-refractivity contribution in [3.05, 3.63) is 16.7 Å². The number of carbonyl (C=O) groups is 1. The van der Waals surface area contributed by atoms with Crippen molar-refractivity contribution in [2.75, 3.05) is 37.3 Å². The highest BCUT2D eigenvalue weighted by Gasteiger charge is 2.14. The van der Waals surface area contributed by atoms with Gasteiger partial charge in [0, 0.05) is 10.7 Å². The van der Waals surface area contributed by atoms with Gasteiger partial charge in [-0.3, -0.25) is 4.72 Å². The molecule has 1 aromatic heterocycles. The molecule has 124 valence electrons. The minimum Gasteiger partial charge on any atom is -0.474 e. The predicted molar refractivity (Wildman–Crippen MR) is 81.5 cm³/mol. The van der Waals surface area contributed by atoms with Crippen LogP contribution in [0.4, 0.5) is 14.9 Å². The summed E-state index contributed by atoms with van der Waals surface area (Å²) in [7, 11) is -3.52. The van der Waals surface area contributed by atoms with E-state index in [1.54, 1.807) is 0 Å². The number of alkyl halides is 1. The minimum absolute atomic E-state index is 0.000729. The molecule has 1 amide bonds. The summed E-state index contributed by atoms with van der Waals surface area (Å²) in [5.74, 6) is -0.000729. The molecule has 0 atom stereocenters. The van der Waals surface area contributed by atoms with Crippen molar-refractivity contribution in [1.29, 1.82) is 0 Å². The van der Waals surface area contributed by atoms with Gasteiger partial charge in [-0.05, 0) is 22.0 Å². The van der Waals surface area contributed by atoms with Crippen molar-refractivity contribution >= 4 is 37.7 Å². The van der Waals surface area contributed by atoms with Gasteiger partial charge in [-0.1, -0.05) is 0 Å². The van der Waals surface area contributed by atoms with Gasteiger partial charge in [-0.15, -0.1) is 0 Å². The van der Waals surface area contributed by atoms with Crippen LogP contribution in [0, 0.1) is 0 Å². The zero-order valence-corrected chi connectivity index (χ0v) is 14.0. The number of amides is 1. The predicted octanol–water partition coefficient (Wildman–Crippen LogP) is 1.54. The Balaban J connectivity index is 2.75. The highest BCUT2D eigenvalue weighted by Crippen LogP contribution is 2.26. The standard InChI is InChI=1S/C11H15BrFN3O5S/c1-22(19,20)15-9-6-8(12)7-14-10(9)21-5-4-16(3-2-13)11(17)18/h6-7,15H,2-5H2,1H3,(H,17,18). The fraction of sp³-hybridized carbons (Fsp3) is 0.455. The van der Waals surface area contributed by atoms with Crippen molar-refractivity contribution in [3.8, 4) is 5.88 Å². The molecule has 2 N–H and O–H groups in total. The number of pyridine rings is 1. The Labute approximate surface area is 135 Å². The van der Waals surface area contributed by atoms with Gasteiger partial charge in [-0.25, -0.2) is 22.6 Å². The zero-order valence-electron chi connectivity index (χ0n) is 11.6. The number of nitrogens with one attached hydrogen (secondary N) is 1. The third-order valence-electron chi connectivity index (χ3n) is 2.34. The molecule has 8 nitrogen and oxygen atoms in total. The van der Waals surface area contributed by atoms with Gasteiger partial charge in [0.1, 0.15) is 19.0 Å². The van der Waals surface area contributed by atoms with E-state index in [0.29, 0.717) is 4.47 Å². The normalized spacial score (nSPS) is 11.0. The molecular formula is C11H15BrFN3O5S. The monoisotopic (exact) mass is 399 g/mol. The average molecular weight is 400 g/mol. The molecule has 0 spiro atoms. The molecule has 0 aliphatic heterocycles. The highest BCUT2D eigenvalue weighted by molar-refractivity contribution is 9.10. The zero-order chi connectivity index (χ0) is 16.8. The third-order valence-corrected chi connectivity index (χ3v) is 3.36. The van der Waals surface area contributed by atoms with E-state index in [0.717, 1.165) is 11.2 Å². The minimum atomic E-state index is -3.52. The van der Waals surface area contributed by atoms with Crippen LogP contribution < -0.4 is 9.46 Å². The number of ether oxygens (including phenoxy) is 1. The second kappa shape index (κ2) is 8.13. The number of halogens is 2. The second-order valence-electron chi connectivity index (χ2n) is 4.19. The van der Waals surface area contributed by atoms with Crippen LogP contribution in [0.25, 0.3) is 0 Å². The van der Waals surface area contributed by atoms with E-state index in [1.807, 2.05) is 0 Å². The molecule has 1 aromatic rings. The van der Waals surface area contributed by atoms with Crippen molar-refractivity contribution in [3.63, 3.8) is 0 Å². The fourth-order valence-corrected chi connectivity index (χ4v) is 2.35. The topological polar surface area (TPSA) is 109 Å². The first kappa shape index (κ1) is 18.4. The highest BCUT2D eigenvalue weighted by atomic mass is 79.9. The Bertz CT molecular complexity index is 628. The lowest BCUT2D eigenvalue weighted by molar-refractivity contribution is 0.131. The first-order chi connectivity index (χ1) is 10.2. The Morgan fingerprint density at radius 2 is 2.23 bits per heavy atom. The van der Waals surface area contributed by atoms with Gasteiger partial charge < -0.3 is 14.7 Å². The van der Waals surface area contributed by atoms with Crippen LogP contribution in [0.15, 0.2) is 16.7 Å². The first-order valence-electron chi connectivity index (χ1n) is 6.03. The Kier molecular flexibility index (Phi) is 6.81. The molecule has 1 rings (SSSR count). The maximum absolute atomic E-state index is 12.2. The maximum atomic E-state index is 12.2. The molecule has 0 aromatic carbocycles. The molecule has 11 heteroatoms. The lowest BCUT2D eigenvalue weighted by Crippen LogP contribution is -2.35. The molecule has 0 saturated carbocycles. The number of anilines is 1. The molecular weight excluding hydrogens is 385 g/mol. The first-order valence-corrected chi connectivity index (χ1v) is 8.71. The number of hydrogen-bond donors (Lipinski definition) is 2. The van der Waals surface area contributed by atoms with Gasteiger partial charge >= 0.3 is 6.09 Å². The van der Waals surface area contributed by atoms with E-state index in [2.05, 4.69) is 25.6 Å². The van der Waals surface area contributed by atoms with Crippen LogP contribution in [0.5, 0.6) is 5.88 Å². The van der Waals surface area contributed by atoms with Crippen molar-refractivity contribution < 1.29 is 27.4 Å². The van der Waals surface area contributed by atoms with E-state index in [4.69, 9.17) is 9.84 Å². The number of hydrogen-bond acceptors (Lipinski definition) is 5. The maximum Gasteiger partial charge on any atom is 0.407 e. The molecule has 0 aliphatic rings. The van der Waals surface area contributed by atoms with Gasteiger partial charge in [0.2, 0.25) is 15.9 Å². The summed E-state index contributed by atoms with van der Waals surface area (Å²) in [5, 5.41) is 8.84. The summed E-state index contributed by atoms with van der Waals surface area (Å²) in [5.41, 5.74) is 0.115. The van der Waals surface area contributed by atoms with Crippen LogP contribution in [0.3, 0.4) is 0 Å². The van der Waals surface area contributed by atoms with Crippen molar-refractivity contribution in [1.82, 2.24) is 9.88 Å². The fourth-order valence-electron chi connectivity index (χ4n) is 1.47. The third kappa shape index (κ3) is 6.43. The van der Waals surface area contributed by atoms with Crippen molar-refractivity contribution in [2.24, 2.45) is 0 Å². The molecule has 0 radical (unpaired) electrons. The molecule has 22 heavy (non-hydrogen) atoms. The Hall–Kier alpha value is -1.62. The van der Waals surface area contributed by atoms with E-state index in [-0.39, 0.29) is 31.3 Å². The van der Waals surface area contributed by atoms with Crippen LogP contribution in [0.2, 0.25) is 0 Å². The molecule has 0 aliphatic carbocycles. The summed E-state index contributed by atoms with van der Waals surface area (Å²) >= 11 is 3.15. The van der Waals surface area contributed by atoms with Crippen LogP contribution in [-0.4, -0.2) is 62.1 Å². The van der Waals surface area contributed by atoms with Crippen LogP contribution >= 0.6 is 15.9 Å². The summed E-state index contributed by atoms with van der Waals surface area (Å²) in [6.45, 7) is -1.24. The number of rotatable bonds is 8. The summed E-state index contributed by atoms with van der Waals surface area (Å²) in [6.07, 6.45) is 1.12. The van der Waals surface area contributed by atoms with E-state index in [9.17, 15) is 17.6 Å². The quantitative estimate of drug-likeness (QED) is 0.686. The van der Waals surface area contributed by atoms with Crippen LogP contribution in [-0.2, 0) is 10.0 Å². The molecule has 1 heterocycles. The number of nitrogens with zero attached hydrogens (tertiary/aromatic N) is 2. The largest absolute Gasteiger partial charge is 0.474 e. The molecule has 0 fully saturated rings. The SMILES string of the molecule is CS(=O)(=O)Nc1cc(Br)cnc1OCCN(CCF)C(=O)O. The van der Waals surface area contributed by atoms with Crippen molar-refractivity contribution in [2.45, 2.75) is 0 Å². The smallest absolute Gasteiger partial charge is 0.407 e. The van der Waals surface area contributed by atoms with Gasteiger partial charge in [0.05, 0.1) is 19.3 Å². The average Bonchev–Trinajstić information content (AvgIpc) is 2.38. The number of aromatic nitrogens is 1. The summed E-state index contributed by atoms with van der Waals surface area (Å²) in [6, 6.07) is 1.46. The van der Waals surface area contributed by atoms with E-state index >= 15 is 0 Å². The van der Waals surface area contributed by atoms with Gasteiger partial charge in [0.15, 0.2) is 0 Å².